The minimum atomic E-state index is -3.73. The molecule has 0 spiro atoms. The zero-order valence-electron chi connectivity index (χ0n) is 7.80. The van der Waals surface area contributed by atoms with E-state index in [0.717, 1.165) is 3.97 Å². The molecule has 1 aromatic rings. The van der Waals surface area contributed by atoms with Crippen molar-refractivity contribution in [2.75, 3.05) is 21.1 Å². The van der Waals surface area contributed by atoms with Crippen LogP contribution in [0.25, 0.3) is 0 Å². The van der Waals surface area contributed by atoms with Gasteiger partial charge in [-0.15, -0.1) is 0 Å². The molecule has 0 aliphatic rings. The van der Waals surface area contributed by atoms with E-state index in [9.17, 15) is 8.42 Å². The average Bonchev–Trinajstić information content (AvgIpc) is 2.27. The lowest BCUT2D eigenvalue weighted by molar-refractivity contribution is 0.467. The second-order valence-corrected chi connectivity index (χ2v) is 5.03. The largest absolute Gasteiger partial charge is 0.308 e. The number of imidazole rings is 1. The highest BCUT2D eigenvalue weighted by molar-refractivity contribution is 7.87. The van der Waals surface area contributed by atoms with Crippen LogP contribution in [0.5, 0.6) is 0 Å². The highest BCUT2D eigenvalue weighted by Gasteiger charge is 2.23. The van der Waals surface area contributed by atoms with Gasteiger partial charge < -0.3 is 0 Å². The molecule has 0 aliphatic heterocycles. The third-order valence-electron chi connectivity index (χ3n) is 1.55. The van der Waals surface area contributed by atoms with Crippen LogP contribution in [0.4, 0.5) is 5.82 Å². The fourth-order valence-electron chi connectivity index (χ4n) is 0.942. The van der Waals surface area contributed by atoms with Crippen LogP contribution >= 0.6 is 0 Å². The van der Waals surface area contributed by atoms with Gasteiger partial charge in [0.1, 0.15) is 12.5 Å². The molecule has 1 aromatic heterocycles. The Balaban J connectivity index is 3.35. The topological polar surface area (TPSA) is 78.0 Å². The van der Waals surface area contributed by atoms with Gasteiger partial charge in [0.2, 0.25) is 5.82 Å². The molecular weight excluding hydrogens is 192 g/mol. The highest BCUT2D eigenvalue weighted by atomic mass is 32.2. The first-order chi connectivity index (χ1) is 5.73. The molecule has 1 heterocycles. The second-order valence-electron chi connectivity index (χ2n) is 3.61. The van der Waals surface area contributed by atoms with Gasteiger partial charge in [0, 0.05) is 0 Å². The van der Waals surface area contributed by atoms with Crippen LogP contribution in [0.15, 0.2) is 12.5 Å². The molecule has 0 bridgehead atoms. The van der Waals surface area contributed by atoms with E-state index in [1.807, 2.05) is 21.1 Å². The molecular formula is C6H13N4O2S+. The van der Waals surface area contributed by atoms with Gasteiger partial charge in [-0.3, -0.25) is 4.48 Å². The average molecular weight is 205 g/mol. The van der Waals surface area contributed by atoms with Crippen molar-refractivity contribution in [3.63, 3.8) is 0 Å². The standard InChI is InChI=1S/C6H13N4O2S/c1-10(2,3)6-4-8-5-9(6)13(7,11)12/h4-5H,1-3H3,(H2,7,11,12)/q+1. The summed E-state index contributed by atoms with van der Waals surface area (Å²) in [7, 11) is 1.76. The van der Waals surface area contributed by atoms with Gasteiger partial charge in [0.15, 0.2) is 0 Å². The van der Waals surface area contributed by atoms with Crippen molar-refractivity contribution in [1.82, 2.24) is 13.4 Å². The van der Waals surface area contributed by atoms with Gasteiger partial charge in [-0.25, -0.2) is 10.1 Å². The number of quaternary nitrogens is 1. The number of nitrogens with two attached hydrogens (primary N) is 1. The number of hydrogen-bond acceptors (Lipinski definition) is 3. The van der Waals surface area contributed by atoms with Crippen LogP contribution in [0.2, 0.25) is 0 Å². The summed E-state index contributed by atoms with van der Waals surface area (Å²) in [6.07, 6.45) is 2.67. The van der Waals surface area contributed by atoms with Crippen molar-refractivity contribution >= 4 is 16.0 Å². The fraction of sp³-hybridized carbons (Fsp3) is 0.500. The lowest BCUT2D eigenvalue weighted by Gasteiger charge is -2.22. The summed E-state index contributed by atoms with van der Waals surface area (Å²) < 4.78 is 23.4. The zero-order valence-corrected chi connectivity index (χ0v) is 8.61. The predicted molar refractivity (Wildman–Crippen MR) is 50.3 cm³/mol. The molecule has 0 aliphatic carbocycles. The van der Waals surface area contributed by atoms with Crippen LogP contribution in [0.3, 0.4) is 0 Å². The van der Waals surface area contributed by atoms with E-state index in [2.05, 4.69) is 4.98 Å². The first kappa shape index (κ1) is 10.2. The molecule has 0 amide bonds. The normalized spacial score (nSPS) is 13.2. The molecule has 74 valence electrons. The Labute approximate surface area is 77.4 Å². The molecule has 0 radical (unpaired) electrons. The number of nitrogens with zero attached hydrogens (tertiary/aromatic N) is 3. The molecule has 0 saturated heterocycles. The van der Waals surface area contributed by atoms with E-state index < -0.39 is 10.2 Å². The Morgan fingerprint density at radius 3 is 2.31 bits per heavy atom. The smallest absolute Gasteiger partial charge is 0.281 e. The second kappa shape index (κ2) is 2.79. The first-order valence-electron chi connectivity index (χ1n) is 3.60. The lowest BCUT2D eigenvalue weighted by Crippen LogP contribution is -2.39. The summed E-state index contributed by atoms with van der Waals surface area (Å²) in [4.78, 5) is 3.74. The minimum absolute atomic E-state index is 0.344. The summed E-state index contributed by atoms with van der Waals surface area (Å²) in [5.74, 6) is 0.516. The zero-order chi connectivity index (χ0) is 10.3. The van der Waals surface area contributed by atoms with Gasteiger partial charge >= 0.3 is 10.2 Å². The maximum atomic E-state index is 11.1. The van der Waals surface area contributed by atoms with Gasteiger partial charge in [-0.1, -0.05) is 0 Å². The van der Waals surface area contributed by atoms with E-state index in [-0.39, 0.29) is 0 Å². The van der Waals surface area contributed by atoms with Crippen molar-refractivity contribution in [1.29, 1.82) is 0 Å². The number of aromatic nitrogens is 2. The van der Waals surface area contributed by atoms with Crippen molar-refractivity contribution < 1.29 is 8.42 Å². The summed E-state index contributed by atoms with van der Waals surface area (Å²) in [6, 6.07) is 0. The summed E-state index contributed by atoms with van der Waals surface area (Å²) in [6.45, 7) is 0. The first-order valence-corrected chi connectivity index (χ1v) is 5.11. The SMILES string of the molecule is C[N+](C)(C)c1cncn1S(N)(=O)=O. The molecule has 7 heteroatoms. The Bertz CT molecular complexity index is 401. The maximum absolute atomic E-state index is 11.1. The van der Waals surface area contributed by atoms with Crippen LogP contribution in [0, 0.1) is 0 Å². The highest BCUT2D eigenvalue weighted by Crippen LogP contribution is 2.16. The Kier molecular flexibility index (Phi) is 2.18. The van der Waals surface area contributed by atoms with E-state index >= 15 is 0 Å². The molecule has 13 heavy (non-hydrogen) atoms. The molecule has 1 rings (SSSR count). The maximum Gasteiger partial charge on any atom is 0.308 e. The number of rotatable bonds is 2. The fourth-order valence-corrected chi connectivity index (χ4v) is 1.68. The van der Waals surface area contributed by atoms with Crippen molar-refractivity contribution in [2.24, 2.45) is 5.14 Å². The minimum Gasteiger partial charge on any atom is -0.281 e. The Morgan fingerprint density at radius 2 is 2.00 bits per heavy atom. The summed E-state index contributed by atoms with van der Waals surface area (Å²) in [5, 5.41) is 4.98. The quantitative estimate of drug-likeness (QED) is 0.638. The molecule has 0 atom stereocenters. The van der Waals surface area contributed by atoms with Gasteiger partial charge in [0.05, 0.1) is 21.1 Å². The molecule has 6 nitrogen and oxygen atoms in total. The van der Waals surface area contributed by atoms with Gasteiger partial charge in [-0.05, 0) is 0 Å². The monoisotopic (exact) mass is 205 g/mol. The molecule has 0 unspecified atom stereocenters. The summed E-state index contributed by atoms with van der Waals surface area (Å²) in [5.41, 5.74) is 0. The lowest BCUT2D eigenvalue weighted by atomic mass is 10.6. The van der Waals surface area contributed by atoms with E-state index in [4.69, 9.17) is 5.14 Å². The van der Waals surface area contributed by atoms with Crippen molar-refractivity contribution in [3.8, 4) is 0 Å². The van der Waals surface area contributed by atoms with Crippen molar-refractivity contribution in [3.05, 3.63) is 12.5 Å². The molecule has 0 fully saturated rings. The van der Waals surface area contributed by atoms with E-state index in [0.29, 0.717) is 10.3 Å². The third-order valence-corrected chi connectivity index (χ3v) is 2.38. The van der Waals surface area contributed by atoms with Crippen LogP contribution in [-0.4, -0.2) is 38.5 Å². The third kappa shape index (κ3) is 2.06. The molecule has 0 aromatic carbocycles. The number of hydrogen-bond donors (Lipinski definition) is 1. The molecule has 0 saturated carbocycles. The predicted octanol–water partition coefficient (Wildman–Crippen LogP) is -0.869. The van der Waals surface area contributed by atoms with Gasteiger partial charge in [-0.2, -0.15) is 12.4 Å². The van der Waals surface area contributed by atoms with Crippen LogP contribution in [-0.2, 0) is 10.2 Å². The Morgan fingerprint density at radius 1 is 1.46 bits per heavy atom. The van der Waals surface area contributed by atoms with Gasteiger partial charge in [0.25, 0.3) is 0 Å². The summed E-state index contributed by atoms with van der Waals surface area (Å²) >= 11 is 0. The molecule has 2 N–H and O–H groups in total. The van der Waals surface area contributed by atoms with Crippen molar-refractivity contribution in [2.45, 2.75) is 0 Å². The van der Waals surface area contributed by atoms with Crippen LogP contribution < -0.4 is 9.62 Å². The Hall–Kier alpha value is -0.920. The van der Waals surface area contributed by atoms with E-state index in [1.54, 1.807) is 0 Å². The van der Waals surface area contributed by atoms with E-state index in [1.165, 1.54) is 12.5 Å². The van der Waals surface area contributed by atoms with Crippen LogP contribution in [0.1, 0.15) is 0 Å².